The molecule has 0 aliphatic heterocycles. The summed E-state index contributed by atoms with van der Waals surface area (Å²) in [4.78, 5) is 4.30. The summed E-state index contributed by atoms with van der Waals surface area (Å²) in [5.41, 5.74) is 7.11. The number of hydrogen-bond acceptors (Lipinski definition) is 4. The smallest absolute Gasteiger partial charge is 0.215 e. The van der Waals surface area contributed by atoms with Crippen molar-refractivity contribution >= 4 is 0 Å². The molecule has 4 heteroatoms. The molecule has 0 amide bonds. The van der Waals surface area contributed by atoms with Gasteiger partial charge in [-0.1, -0.05) is 0 Å². The van der Waals surface area contributed by atoms with E-state index in [2.05, 4.69) is 11.1 Å². The third-order valence-electron chi connectivity index (χ3n) is 3.22. The number of aryl methyl sites for hydroxylation is 1. The summed E-state index contributed by atoms with van der Waals surface area (Å²) >= 11 is 0. The normalized spacial score (nSPS) is 23.4. The van der Waals surface area contributed by atoms with E-state index in [1.54, 1.807) is 12.1 Å². The second-order valence-electron chi connectivity index (χ2n) is 4.53. The highest BCUT2D eigenvalue weighted by atomic mass is 16.5. The molecule has 4 nitrogen and oxygen atoms in total. The molecular weight excluding hydrogens is 214 g/mol. The number of pyridine rings is 1. The van der Waals surface area contributed by atoms with Gasteiger partial charge in [0.15, 0.2) is 0 Å². The molecule has 17 heavy (non-hydrogen) atoms. The lowest BCUT2D eigenvalue weighted by Crippen LogP contribution is -2.28. The molecule has 1 saturated carbocycles. The summed E-state index contributed by atoms with van der Waals surface area (Å²) in [6.45, 7) is 2.52. The van der Waals surface area contributed by atoms with Gasteiger partial charge in [0.25, 0.3) is 0 Å². The molecule has 2 rings (SSSR count). The first-order valence-electron chi connectivity index (χ1n) is 5.98. The van der Waals surface area contributed by atoms with Crippen LogP contribution in [0.15, 0.2) is 12.1 Å². The van der Waals surface area contributed by atoms with Crippen molar-refractivity contribution < 1.29 is 4.74 Å². The van der Waals surface area contributed by atoms with Crippen molar-refractivity contribution in [1.29, 1.82) is 5.26 Å². The molecule has 1 aliphatic carbocycles. The Labute approximate surface area is 101 Å². The average Bonchev–Trinajstić information content (AvgIpc) is 2.75. The number of nitrogens with two attached hydrogens (primary N) is 1. The van der Waals surface area contributed by atoms with E-state index >= 15 is 0 Å². The van der Waals surface area contributed by atoms with E-state index in [1.807, 2.05) is 6.92 Å². The number of aromatic nitrogens is 1. The Bertz CT molecular complexity index is 439. The van der Waals surface area contributed by atoms with Gasteiger partial charge in [-0.25, -0.2) is 4.98 Å². The number of ether oxygens (including phenoxy) is 1. The lowest BCUT2D eigenvalue weighted by molar-refractivity contribution is 0.155. The van der Waals surface area contributed by atoms with Gasteiger partial charge in [0, 0.05) is 17.7 Å². The van der Waals surface area contributed by atoms with Crippen molar-refractivity contribution in [2.45, 2.75) is 32.3 Å². The fourth-order valence-corrected chi connectivity index (χ4v) is 2.35. The summed E-state index contributed by atoms with van der Waals surface area (Å²) in [5.74, 6) is 0.967. The molecule has 0 aromatic carbocycles. The first-order chi connectivity index (χ1) is 8.22. The zero-order valence-electron chi connectivity index (χ0n) is 10.0. The molecule has 1 fully saturated rings. The second-order valence-corrected chi connectivity index (χ2v) is 4.53. The maximum Gasteiger partial charge on any atom is 0.215 e. The lowest BCUT2D eigenvalue weighted by Gasteiger charge is -2.19. The number of nitriles is 1. The van der Waals surface area contributed by atoms with Crippen molar-refractivity contribution in [1.82, 2.24) is 4.98 Å². The van der Waals surface area contributed by atoms with Crippen LogP contribution in [0, 0.1) is 24.2 Å². The van der Waals surface area contributed by atoms with E-state index < -0.39 is 0 Å². The molecule has 0 bridgehead atoms. The molecule has 1 aromatic heterocycles. The van der Waals surface area contributed by atoms with Crippen molar-refractivity contribution in [3.8, 4) is 11.9 Å². The van der Waals surface area contributed by atoms with Gasteiger partial charge in [-0.15, -0.1) is 0 Å². The van der Waals surface area contributed by atoms with E-state index in [1.165, 1.54) is 0 Å². The molecule has 2 N–H and O–H groups in total. The summed E-state index contributed by atoms with van der Waals surface area (Å²) in [5, 5.41) is 8.89. The molecule has 2 atom stereocenters. The third-order valence-corrected chi connectivity index (χ3v) is 3.22. The first-order valence-corrected chi connectivity index (χ1v) is 5.98. The van der Waals surface area contributed by atoms with Gasteiger partial charge in [-0.05, 0) is 38.8 Å². The molecule has 1 heterocycles. The molecule has 0 saturated heterocycles. The minimum Gasteiger partial charge on any atom is -0.474 e. The van der Waals surface area contributed by atoms with Gasteiger partial charge < -0.3 is 10.5 Å². The van der Waals surface area contributed by atoms with Crippen LogP contribution in [0.4, 0.5) is 0 Å². The van der Waals surface area contributed by atoms with E-state index in [9.17, 15) is 0 Å². The monoisotopic (exact) mass is 231 g/mol. The largest absolute Gasteiger partial charge is 0.474 e. The summed E-state index contributed by atoms with van der Waals surface area (Å²) < 4.78 is 5.86. The fraction of sp³-hybridized carbons (Fsp3) is 0.538. The molecule has 1 aliphatic rings. The maximum absolute atomic E-state index is 8.89. The van der Waals surface area contributed by atoms with Crippen LogP contribution in [-0.2, 0) is 0 Å². The molecule has 1 aromatic rings. The first kappa shape index (κ1) is 11.9. The van der Waals surface area contributed by atoms with Crippen molar-refractivity contribution in [3.63, 3.8) is 0 Å². The van der Waals surface area contributed by atoms with E-state index in [0.29, 0.717) is 23.9 Å². The molecular formula is C13H17N3O. The van der Waals surface area contributed by atoms with Crippen LogP contribution in [0.2, 0.25) is 0 Å². The fourth-order valence-electron chi connectivity index (χ4n) is 2.35. The zero-order chi connectivity index (χ0) is 12.3. The molecule has 0 radical (unpaired) electrons. The Kier molecular flexibility index (Phi) is 3.60. The van der Waals surface area contributed by atoms with Crippen LogP contribution < -0.4 is 10.5 Å². The van der Waals surface area contributed by atoms with E-state index in [-0.39, 0.29) is 6.10 Å². The summed E-state index contributed by atoms with van der Waals surface area (Å²) in [7, 11) is 0. The second kappa shape index (κ2) is 5.15. The van der Waals surface area contributed by atoms with Gasteiger partial charge in [0.05, 0.1) is 11.6 Å². The highest BCUT2D eigenvalue weighted by molar-refractivity contribution is 5.34. The molecule has 90 valence electrons. The standard InChI is InChI=1S/C13H17N3O/c1-9-5-10(7-14)6-13(16-9)17-12-4-2-3-11(12)8-15/h5-6,11-12H,2-4,8,15H2,1H3. The van der Waals surface area contributed by atoms with Crippen LogP contribution >= 0.6 is 0 Å². The van der Waals surface area contributed by atoms with Gasteiger partial charge in [0.2, 0.25) is 5.88 Å². The van der Waals surface area contributed by atoms with Gasteiger partial charge >= 0.3 is 0 Å². The Morgan fingerprint density at radius 3 is 3.06 bits per heavy atom. The van der Waals surface area contributed by atoms with Crippen LogP contribution in [-0.4, -0.2) is 17.6 Å². The van der Waals surface area contributed by atoms with Crippen molar-refractivity contribution in [2.75, 3.05) is 6.54 Å². The highest BCUT2D eigenvalue weighted by Crippen LogP contribution is 2.28. The Balaban J connectivity index is 2.13. The number of nitrogens with zero attached hydrogens (tertiary/aromatic N) is 2. The predicted octanol–water partition coefficient (Wildman–Crippen LogP) is 1.77. The zero-order valence-corrected chi connectivity index (χ0v) is 10.0. The highest BCUT2D eigenvalue weighted by Gasteiger charge is 2.28. The SMILES string of the molecule is Cc1cc(C#N)cc(OC2CCCC2CN)n1. The predicted molar refractivity (Wildman–Crippen MR) is 64.5 cm³/mol. The average molecular weight is 231 g/mol. The minimum atomic E-state index is 0.154. The Morgan fingerprint density at radius 1 is 1.53 bits per heavy atom. The quantitative estimate of drug-likeness (QED) is 0.860. The number of hydrogen-bond donors (Lipinski definition) is 1. The summed E-state index contributed by atoms with van der Waals surface area (Å²) in [6, 6.07) is 5.56. The van der Waals surface area contributed by atoms with Gasteiger partial charge in [0.1, 0.15) is 6.10 Å². The lowest BCUT2D eigenvalue weighted by atomic mass is 10.1. The minimum absolute atomic E-state index is 0.154. The van der Waals surface area contributed by atoms with Crippen molar-refractivity contribution in [3.05, 3.63) is 23.4 Å². The molecule has 2 unspecified atom stereocenters. The van der Waals surface area contributed by atoms with Crippen LogP contribution in [0.5, 0.6) is 5.88 Å². The van der Waals surface area contributed by atoms with E-state index in [4.69, 9.17) is 15.7 Å². The van der Waals surface area contributed by atoms with Gasteiger partial charge in [-0.2, -0.15) is 5.26 Å². The van der Waals surface area contributed by atoms with Crippen LogP contribution in [0.1, 0.15) is 30.5 Å². The topological polar surface area (TPSA) is 71.9 Å². The number of rotatable bonds is 3. The van der Waals surface area contributed by atoms with E-state index in [0.717, 1.165) is 25.0 Å². The Hall–Kier alpha value is -1.60. The summed E-state index contributed by atoms with van der Waals surface area (Å²) in [6.07, 6.45) is 3.46. The van der Waals surface area contributed by atoms with Crippen LogP contribution in [0.3, 0.4) is 0 Å². The Morgan fingerprint density at radius 2 is 2.35 bits per heavy atom. The third kappa shape index (κ3) is 2.75. The van der Waals surface area contributed by atoms with Crippen molar-refractivity contribution in [2.24, 2.45) is 11.7 Å². The maximum atomic E-state index is 8.89. The van der Waals surface area contributed by atoms with Crippen LogP contribution in [0.25, 0.3) is 0 Å². The van der Waals surface area contributed by atoms with Gasteiger partial charge in [-0.3, -0.25) is 0 Å². The molecule has 0 spiro atoms.